The molecule has 0 aliphatic carbocycles. The standard InChI is InChI=1S/C19H18N2O4/c1-2-25-19(24)9-8-18-20-16-10-13(12-22)6-7-17(16)21(18)14-4-3-5-15(23)11-14/h3-7,10-12,23H,2,8-9H2,1H3. The Morgan fingerprint density at radius 3 is 2.84 bits per heavy atom. The lowest BCUT2D eigenvalue weighted by Crippen LogP contribution is -2.08. The molecule has 2 aromatic carbocycles. The topological polar surface area (TPSA) is 81.4 Å². The van der Waals surface area contributed by atoms with E-state index < -0.39 is 0 Å². The number of hydrogen-bond acceptors (Lipinski definition) is 5. The first-order chi connectivity index (χ1) is 12.1. The molecule has 3 rings (SSSR count). The average molecular weight is 338 g/mol. The van der Waals surface area contributed by atoms with Crippen LogP contribution in [0.1, 0.15) is 29.5 Å². The van der Waals surface area contributed by atoms with Gasteiger partial charge in [-0.15, -0.1) is 0 Å². The van der Waals surface area contributed by atoms with Crippen LogP contribution in [0.5, 0.6) is 5.75 Å². The van der Waals surface area contributed by atoms with E-state index in [-0.39, 0.29) is 18.1 Å². The molecule has 128 valence electrons. The minimum absolute atomic E-state index is 0.139. The molecule has 0 atom stereocenters. The maximum absolute atomic E-state index is 11.7. The molecule has 0 amide bonds. The quantitative estimate of drug-likeness (QED) is 0.552. The molecule has 0 saturated carbocycles. The number of fused-ring (bicyclic) bond motifs is 1. The summed E-state index contributed by atoms with van der Waals surface area (Å²) in [6.45, 7) is 2.10. The summed E-state index contributed by atoms with van der Waals surface area (Å²) >= 11 is 0. The van der Waals surface area contributed by atoms with Gasteiger partial charge in [0.05, 0.1) is 29.7 Å². The fourth-order valence-corrected chi connectivity index (χ4v) is 2.76. The number of nitrogens with zero attached hydrogens (tertiary/aromatic N) is 2. The number of benzene rings is 2. The fraction of sp³-hybridized carbons (Fsp3) is 0.211. The Balaban J connectivity index is 2.08. The van der Waals surface area contributed by atoms with E-state index in [9.17, 15) is 14.7 Å². The molecule has 0 bridgehead atoms. The number of aldehydes is 1. The maximum Gasteiger partial charge on any atom is 0.306 e. The van der Waals surface area contributed by atoms with E-state index >= 15 is 0 Å². The van der Waals surface area contributed by atoms with Gasteiger partial charge in [-0.25, -0.2) is 4.98 Å². The van der Waals surface area contributed by atoms with Crippen LogP contribution in [0.25, 0.3) is 16.7 Å². The number of aromatic nitrogens is 2. The zero-order valence-corrected chi connectivity index (χ0v) is 13.8. The van der Waals surface area contributed by atoms with Gasteiger partial charge in [-0.1, -0.05) is 6.07 Å². The van der Waals surface area contributed by atoms with Gasteiger partial charge in [0.2, 0.25) is 0 Å². The fourth-order valence-electron chi connectivity index (χ4n) is 2.76. The van der Waals surface area contributed by atoms with Crippen molar-refractivity contribution in [2.75, 3.05) is 6.61 Å². The van der Waals surface area contributed by atoms with Gasteiger partial charge < -0.3 is 9.84 Å². The van der Waals surface area contributed by atoms with Crippen molar-refractivity contribution in [1.82, 2.24) is 9.55 Å². The summed E-state index contributed by atoms with van der Waals surface area (Å²) < 4.78 is 6.85. The van der Waals surface area contributed by atoms with Crippen LogP contribution in [0.3, 0.4) is 0 Å². The third kappa shape index (κ3) is 3.52. The number of phenols is 1. The average Bonchev–Trinajstić information content (AvgIpc) is 2.97. The molecule has 6 heteroatoms. The van der Waals surface area contributed by atoms with Crippen molar-refractivity contribution < 1.29 is 19.4 Å². The number of rotatable bonds is 6. The van der Waals surface area contributed by atoms with Crippen molar-refractivity contribution in [2.24, 2.45) is 0 Å². The van der Waals surface area contributed by atoms with E-state index in [1.54, 1.807) is 37.3 Å². The van der Waals surface area contributed by atoms with E-state index in [1.807, 2.05) is 16.7 Å². The maximum atomic E-state index is 11.7. The van der Waals surface area contributed by atoms with Crippen molar-refractivity contribution in [2.45, 2.75) is 19.8 Å². The highest BCUT2D eigenvalue weighted by molar-refractivity contribution is 5.86. The van der Waals surface area contributed by atoms with E-state index in [2.05, 4.69) is 4.98 Å². The van der Waals surface area contributed by atoms with Gasteiger partial charge in [-0.2, -0.15) is 0 Å². The van der Waals surface area contributed by atoms with Gasteiger partial charge in [0.1, 0.15) is 17.9 Å². The number of aromatic hydroxyl groups is 1. The molecular formula is C19H18N2O4. The Labute approximate surface area is 144 Å². The van der Waals surface area contributed by atoms with E-state index in [0.717, 1.165) is 17.5 Å². The predicted molar refractivity (Wildman–Crippen MR) is 93.1 cm³/mol. The van der Waals surface area contributed by atoms with Crippen molar-refractivity contribution in [3.05, 3.63) is 53.9 Å². The van der Waals surface area contributed by atoms with Gasteiger partial charge in [-0.3, -0.25) is 14.2 Å². The lowest BCUT2D eigenvalue weighted by molar-refractivity contribution is -0.143. The Hall–Kier alpha value is -3.15. The van der Waals surface area contributed by atoms with Crippen LogP contribution < -0.4 is 0 Å². The molecule has 0 fully saturated rings. The Morgan fingerprint density at radius 1 is 1.28 bits per heavy atom. The van der Waals surface area contributed by atoms with Gasteiger partial charge in [-0.05, 0) is 37.3 Å². The van der Waals surface area contributed by atoms with Gasteiger partial charge in [0, 0.05) is 18.1 Å². The molecule has 0 saturated heterocycles. The highest BCUT2D eigenvalue weighted by Crippen LogP contribution is 2.25. The second-order valence-corrected chi connectivity index (χ2v) is 5.55. The Morgan fingerprint density at radius 2 is 2.12 bits per heavy atom. The van der Waals surface area contributed by atoms with Gasteiger partial charge >= 0.3 is 5.97 Å². The number of esters is 1. The highest BCUT2D eigenvalue weighted by Gasteiger charge is 2.15. The zero-order valence-electron chi connectivity index (χ0n) is 13.8. The molecule has 1 aromatic heterocycles. The molecule has 1 heterocycles. The number of imidazole rings is 1. The van der Waals surface area contributed by atoms with E-state index in [0.29, 0.717) is 29.9 Å². The van der Waals surface area contributed by atoms with E-state index in [4.69, 9.17) is 4.74 Å². The number of phenolic OH excluding ortho intramolecular Hbond substituents is 1. The molecule has 3 aromatic rings. The second kappa shape index (κ2) is 7.17. The van der Waals surface area contributed by atoms with Crippen LogP contribution in [0.15, 0.2) is 42.5 Å². The molecule has 0 spiro atoms. The normalized spacial score (nSPS) is 10.8. The highest BCUT2D eigenvalue weighted by atomic mass is 16.5. The molecule has 1 N–H and O–H groups in total. The number of carbonyl (C=O) groups excluding carboxylic acids is 2. The lowest BCUT2D eigenvalue weighted by Gasteiger charge is -2.10. The van der Waals surface area contributed by atoms with Gasteiger partial charge in [0.15, 0.2) is 0 Å². The Kier molecular flexibility index (Phi) is 4.79. The first-order valence-corrected chi connectivity index (χ1v) is 8.04. The van der Waals surface area contributed by atoms with Crippen LogP contribution in [-0.2, 0) is 16.0 Å². The molecule has 0 radical (unpaired) electrons. The molecule has 0 aliphatic rings. The van der Waals surface area contributed by atoms with Crippen LogP contribution >= 0.6 is 0 Å². The SMILES string of the molecule is CCOC(=O)CCc1nc2cc(C=O)ccc2n1-c1cccc(O)c1. The number of carbonyl (C=O) groups is 2. The summed E-state index contributed by atoms with van der Waals surface area (Å²) in [5, 5.41) is 9.79. The smallest absolute Gasteiger partial charge is 0.306 e. The lowest BCUT2D eigenvalue weighted by atomic mass is 10.2. The van der Waals surface area contributed by atoms with Crippen molar-refractivity contribution >= 4 is 23.3 Å². The van der Waals surface area contributed by atoms with Crippen molar-refractivity contribution in [3.63, 3.8) is 0 Å². The zero-order chi connectivity index (χ0) is 17.8. The summed E-state index contributed by atoms with van der Waals surface area (Å²) in [7, 11) is 0. The number of aryl methyl sites for hydroxylation is 1. The monoisotopic (exact) mass is 338 g/mol. The van der Waals surface area contributed by atoms with Crippen LogP contribution in [-0.4, -0.2) is 33.5 Å². The molecular weight excluding hydrogens is 320 g/mol. The first-order valence-electron chi connectivity index (χ1n) is 8.04. The van der Waals surface area contributed by atoms with Gasteiger partial charge in [0.25, 0.3) is 0 Å². The summed E-state index contributed by atoms with van der Waals surface area (Å²) in [5.41, 5.74) is 2.73. The molecule has 25 heavy (non-hydrogen) atoms. The summed E-state index contributed by atoms with van der Waals surface area (Å²) in [6.07, 6.45) is 1.36. The minimum atomic E-state index is -0.286. The van der Waals surface area contributed by atoms with Crippen molar-refractivity contribution in [3.8, 4) is 11.4 Å². The number of ether oxygens (including phenoxy) is 1. The Bertz CT molecular complexity index is 930. The largest absolute Gasteiger partial charge is 0.508 e. The predicted octanol–water partition coefficient (Wildman–Crippen LogP) is 3.04. The van der Waals surface area contributed by atoms with Crippen molar-refractivity contribution in [1.29, 1.82) is 0 Å². The summed E-state index contributed by atoms with van der Waals surface area (Å²) in [5.74, 6) is 0.516. The number of hydrogen-bond donors (Lipinski definition) is 1. The van der Waals surface area contributed by atoms with Crippen LogP contribution in [0.4, 0.5) is 0 Å². The molecule has 6 nitrogen and oxygen atoms in total. The summed E-state index contributed by atoms with van der Waals surface area (Å²) in [6, 6.07) is 12.0. The molecule has 0 aliphatic heterocycles. The summed E-state index contributed by atoms with van der Waals surface area (Å²) in [4.78, 5) is 27.3. The van der Waals surface area contributed by atoms with Crippen LogP contribution in [0, 0.1) is 0 Å². The third-order valence-electron chi connectivity index (χ3n) is 3.83. The second-order valence-electron chi connectivity index (χ2n) is 5.55. The van der Waals surface area contributed by atoms with E-state index in [1.165, 1.54) is 0 Å². The van der Waals surface area contributed by atoms with Crippen LogP contribution in [0.2, 0.25) is 0 Å². The third-order valence-corrected chi connectivity index (χ3v) is 3.83. The first kappa shape index (κ1) is 16.7. The minimum Gasteiger partial charge on any atom is -0.508 e. The molecule has 0 unspecified atom stereocenters.